The standard InChI is InChI=1S/C25H30N4O/c1-18-7-8-20-5-4-6-23(24(20)26-18)25(30)27-21-9-11-22(12-10-21)29-15-13-19(14-16-29)17-28(2)3/h4-12,19H,13-17H2,1-3H3,(H,27,30). The molecule has 5 nitrogen and oxygen atoms in total. The quantitative estimate of drug-likeness (QED) is 0.679. The largest absolute Gasteiger partial charge is 0.372 e. The van der Waals surface area contributed by atoms with Gasteiger partial charge in [-0.2, -0.15) is 0 Å². The Bertz CT molecular complexity index is 1020. The van der Waals surface area contributed by atoms with E-state index in [0.717, 1.165) is 41.3 Å². The summed E-state index contributed by atoms with van der Waals surface area (Å²) in [6.45, 7) is 5.29. The van der Waals surface area contributed by atoms with Crippen LogP contribution < -0.4 is 10.2 Å². The molecule has 1 aliphatic heterocycles. The van der Waals surface area contributed by atoms with Crippen molar-refractivity contribution in [1.82, 2.24) is 9.88 Å². The summed E-state index contributed by atoms with van der Waals surface area (Å²) in [6.07, 6.45) is 2.45. The molecular formula is C25H30N4O. The number of piperidine rings is 1. The first-order valence-electron chi connectivity index (χ1n) is 10.7. The van der Waals surface area contributed by atoms with Gasteiger partial charge in [0, 0.05) is 42.1 Å². The van der Waals surface area contributed by atoms with Crippen LogP contribution in [-0.4, -0.2) is 49.5 Å². The zero-order valence-corrected chi connectivity index (χ0v) is 18.1. The van der Waals surface area contributed by atoms with Crippen LogP contribution in [0, 0.1) is 12.8 Å². The van der Waals surface area contributed by atoms with Gasteiger partial charge in [-0.15, -0.1) is 0 Å². The van der Waals surface area contributed by atoms with Gasteiger partial charge in [0.15, 0.2) is 0 Å². The van der Waals surface area contributed by atoms with E-state index in [2.05, 4.69) is 46.3 Å². The topological polar surface area (TPSA) is 48.5 Å². The monoisotopic (exact) mass is 402 g/mol. The van der Waals surface area contributed by atoms with Gasteiger partial charge in [0.2, 0.25) is 0 Å². The summed E-state index contributed by atoms with van der Waals surface area (Å²) in [4.78, 5) is 22.2. The second-order valence-corrected chi connectivity index (χ2v) is 8.52. The van der Waals surface area contributed by atoms with Crippen LogP contribution in [0.4, 0.5) is 11.4 Å². The highest BCUT2D eigenvalue weighted by molar-refractivity contribution is 6.11. The number of anilines is 2. The van der Waals surface area contributed by atoms with Crippen LogP contribution in [0.2, 0.25) is 0 Å². The highest BCUT2D eigenvalue weighted by Crippen LogP contribution is 2.25. The van der Waals surface area contributed by atoms with Gasteiger partial charge in [-0.1, -0.05) is 18.2 Å². The van der Waals surface area contributed by atoms with Gasteiger partial charge in [-0.3, -0.25) is 9.78 Å². The summed E-state index contributed by atoms with van der Waals surface area (Å²) >= 11 is 0. The number of carbonyl (C=O) groups is 1. The van der Waals surface area contributed by atoms with Crippen molar-refractivity contribution >= 4 is 28.2 Å². The zero-order valence-electron chi connectivity index (χ0n) is 18.1. The molecule has 5 heteroatoms. The third-order valence-corrected chi connectivity index (χ3v) is 5.83. The maximum absolute atomic E-state index is 12.9. The van der Waals surface area contributed by atoms with Crippen molar-refractivity contribution in [3.63, 3.8) is 0 Å². The summed E-state index contributed by atoms with van der Waals surface area (Å²) in [5, 5.41) is 4.00. The third-order valence-electron chi connectivity index (χ3n) is 5.83. The van der Waals surface area contributed by atoms with Crippen molar-refractivity contribution in [3.8, 4) is 0 Å². The van der Waals surface area contributed by atoms with Crippen LogP contribution in [0.1, 0.15) is 28.9 Å². The lowest BCUT2D eigenvalue weighted by atomic mass is 9.96. The fourth-order valence-corrected chi connectivity index (χ4v) is 4.27. The second kappa shape index (κ2) is 8.84. The number of aromatic nitrogens is 1. The number of rotatable bonds is 5. The molecule has 0 saturated carbocycles. The van der Waals surface area contributed by atoms with Crippen LogP contribution >= 0.6 is 0 Å². The molecule has 0 radical (unpaired) electrons. The molecule has 0 bridgehead atoms. The Morgan fingerprint density at radius 3 is 2.50 bits per heavy atom. The van der Waals surface area contributed by atoms with E-state index in [1.54, 1.807) is 0 Å². The van der Waals surface area contributed by atoms with Gasteiger partial charge >= 0.3 is 0 Å². The van der Waals surface area contributed by atoms with Crippen molar-refractivity contribution in [2.24, 2.45) is 5.92 Å². The highest BCUT2D eigenvalue weighted by Gasteiger charge is 2.20. The van der Waals surface area contributed by atoms with Crippen molar-refractivity contribution in [2.45, 2.75) is 19.8 Å². The van der Waals surface area contributed by atoms with E-state index in [1.165, 1.54) is 25.1 Å². The lowest BCUT2D eigenvalue weighted by molar-refractivity contribution is 0.102. The molecule has 1 fully saturated rings. The zero-order chi connectivity index (χ0) is 21.1. The molecule has 0 aliphatic carbocycles. The Hall–Kier alpha value is -2.92. The summed E-state index contributed by atoms with van der Waals surface area (Å²) in [7, 11) is 4.30. The highest BCUT2D eigenvalue weighted by atomic mass is 16.1. The maximum Gasteiger partial charge on any atom is 0.257 e. The second-order valence-electron chi connectivity index (χ2n) is 8.52. The minimum absolute atomic E-state index is 0.129. The summed E-state index contributed by atoms with van der Waals surface area (Å²) in [5.74, 6) is 0.656. The van der Waals surface area contributed by atoms with Gasteiger partial charge in [0.25, 0.3) is 5.91 Å². The molecule has 1 amide bonds. The Labute approximate surface area is 178 Å². The Kier molecular flexibility index (Phi) is 6.00. The average molecular weight is 403 g/mol. The number of pyridine rings is 1. The summed E-state index contributed by atoms with van der Waals surface area (Å²) in [5.41, 5.74) is 4.27. The SMILES string of the molecule is Cc1ccc2cccc(C(=O)Nc3ccc(N4CCC(CN(C)C)CC4)cc3)c2n1. The molecule has 2 heterocycles. The predicted octanol–water partition coefficient (Wildman–Crippen LogP) is 4.57. The maximum atomic E-state index is 12.9. The number of aryl methyl sites for hydroxylation is 1. The van der Waals surface area contributed by atoms with E-state index in [-0.39, 0.29) is 5.91 Å². The van der Waals surface area contributed by atoms with E-state index in [4.69, 9.17) is 0 Å². The molecule has 0 atom stereocenters. The number of hydrogen-bond acceptors (Lipinski definition) is 4. The van der Waals surface area contributed by atoms with Crippen molar-refractivity contribution in [1.29, 1.82) is 0 Å². The van der Waals surface area contributed by atoms with Crippen molar-refractivity contribution in [2.75, 3.05) is 43.9 Å². The fourth-order valence-electron chi connectivity index (χ4n) is 4.27. The summed E-state index contributed by atoms with van der Waals surface area (Å²) < 4.78 is 0. The first kappa shape index (κ1) is 20.4. The first-order valence-corrected chi connectivity index (χ1v) is 10.7. The minimum atomic E-state index is -0.129. The van der Waals surface area contributed by atoms with E-state index in [1.807, 2.05) is 49.4 Å². The molecule has 1 N–H and O–H groups in total. The van der Waals surface area contributed by atoms with Gasteiger partial charge in [-0.05, 0) is 76.2 Å². The van der Waals surface area contributed by atoms with Crippen LogP contribution in [0.15, 0.2) is 54.6 Å². The lowest BCUT2D eigenvalue weighted by Crippen LogP contribution is -2.37. The molecule has 0 spiro atoms. The van der Waals surface area contributed by atoms with Gasteiger partial charge < -0.3 is 15.1 Å². The number of nitrogens with zero attached hydrogens (tertiary/aromatic N) is 3. The smallest absolute Gasteiger partial charge is 0.257 e. The predicted molar refractivity (Wildman–Crippen MR) is 124 cm³/mol. The Balaban J connectivity index is 1.42. The van der Waals surface area contributed by atoms with Crippen molar-refractivity contribution in [3.05, 3.63) is 65.9 Å². The first-order chi connectivity index (χ1) is 14.5. The number of carbonyl (C=O) groups excluding carboxylic acids is 1. The molecular weight excluding hydrogens is 372 g/mol. The average Bonchev–Trinajstić information content (AvgIpc) is 2.74. The van der Waals surface area contributed by atoms with E-state index >= 15 is 0 Å². The number of benzene rings is 2. The molecule has 156 valence electrons. The molecule has 1 aromatic heterocycles. The third kappa shape index (κ3) is 4.62. The minimum Gasteiger partial charge on any atom is -0.372 e. The molecule has 1 saturated heterocycles. The number of hydrogen-bond donors (Lipinski definition) is 1. The lowest BCUT2D eigenvalue weighted by Gasteiger charge is -2.34. The van der Waals surface area contributed by atoms with Crippen molar-refractivity contribution < 1.29 is 4.79 Å². The van der Waals surface area contributed by atoms with Gasteiger partial charge in [0.05, 0.1) is 11.1 Å². The Morgan fingerprint density at radius 1 is 1.07 bits per heavy atom. The van der Waals surface area contributed by atoms with Gasteiger partial charge in [0.1, 0.15) is 0 Å². The molecule has 2 aromatic carbocycles. The van der Waals surface area contributed by atoms with E-state index < -0.39 is 0 Å². The molecule has 4 rings (SSSR count). The molecule has 30 heavy (non-hydrogen) atoms. The fraction of sp³-hybridized carbons (Fsp3) is 0.360. The number of para-hydroxylation sites is 1. The Morgan fingerprint density at radius 2 is 1.80 bits per heavy atom. The van der Waals surface area contributed by atoms with Crippen LogP contribution in [0.5, 0.6) is 0 Å². The normalized spacial score (nSPS) is 15.0. The molecule has 1 aliphatic rings. The summed E-state index contributed by atoms with van der Waals surface area (Å²) in [6, 6.07) is 17.9. The number of nitrogens with one attached hydrogen (secondary N) is 1. The van der Waals surface area contributed by atoms with E-state index in [0.29, 0.717) is 5.56 Å². The molecule has 0 unspecified atom stereocenters. The molecule has 3 aromatic rings. The van der Waals surface area contributed by atoms with Crippen LogP contribution in [-0.2, 0) is 0 Å². The van der Waals surface area contributed by atoms with E-state index in [9.17, 15) is 4.79 Å². The van der Waals surface area contributed by atoms with Gasteiger partial charge in [-0.25, -0.2) is 0 Å². The van der Waals surface area contributed by atoms with Crippen LogP contribution in [0.3, 0.4) is 0 Å². The number of fused-ring (bicyclic) bond motifs is 1. The number of amides is 1. The van der Waals surface area contributed by atoms with Crippen LogP contribution in [0.25, 0.3) is 10.9 Å².